The Labute approximate surface area is 703 Å². The Morgan fingerprint density at radius 2 is 0.410 bits per heavy atom. The van der Waals surface area contributed by atoms with Gasteiger partial charge in [0.15, 0.2) is 0 Å². The average molecular weight is 1930 g/mol. The second-order valence-electron chi connectivity index (χ2n) is 31.9. The van der Waals surface area contributed by atoms with E-state index in [1.54, 1.807) is 96.9 Å². The van der Waals surface area contributed by atoms with Crippen molar-refractivity contribution in [3.63, 3.8) is 0 Å². The Hall–Kier alpha value is -2.80. The molecule has 2 unspecified atom stereocenters. The molecule has 0 radical (unpaired) electrons. The van der Waals surface area contributed by atoms with Crippen molar-refractivity contribution in [1.82, 2.24) is 0 Å². The normalized spacial score (nSPS) is 23.2. The van der Waals surface area contributed by atoms with Crippen molar-refractivity contribution in [2.45, 2.75) is 307 Å². The summed E-state index contributed by atoms with van der Waals surface area (Å²) in [6.45, 7) is 42.6. The molecule has 0 bridgehead atoms. The zero-order valence-corrected chi connectivity index (χ0v) is 82.7. The highest BCUT2D eigenvalue weighted by molar-refractivity contribution is 8.21. The summed E-state index contributed by atoms with van der Waals surface area (Å²) in [5.74, 6) is -1.22. The number of hydrogen-bond donors (Lipinski definition) is 0. The first kappa shape index (κ1) is 112. The van der Waals surface area contributed by atoms with Crippen molar-refractivity contribution >= 4 is 140 Å². The van der Waals surface area contributed by atoms with Gasteiger partial charge >= 0.3 is 0 Å². The Kier molecular flexibility index (Phi) is 41.2. The third kappa shape index (κ3) is 30.2. The summed E-state index contributed by atoms with van der Waals surface area (Å²) in [4.78, 5) is -0.218. The first-order valence-electron chi connectivity index (χ1n) is 38.4. The molecule has 0 N–H and O–H groups in total. The van der Waals surface area contributed by atoms with Crippen molar-refractivity contribution in [3.8, 4) is 0 Å². The molecule has 0 amide bonds. The quantitative estimate of drug-likeness (QED) is 0.0656. The summed E-state index contributed by atoms with van der Waals surface area (Å²) in [6, 6.07) is 0. The lowest BCUT2D eigenvalue weighted by Crippen LogP contribution is -2.21. The molecule has 0 fully saturated rings. The summed E-state index contributed by atoms with van der Waals surface area (Å²) in [5, 5.41) is 0. The summed E-state index contributed by atoms with van der Waals surface area (Å²) in [5.41, 5.74) is -1.57. The van der Waals surface area contributed by atoms with Crippen LogP contribution in [0.25, 0.3) is 28.9 Å². The summed E-state index contributed by atoms with van der Waals surface area (Å²) < 4.78 is 348. The van der Waals surface area contributed by atoms with Gasteiger partial charge in [-0.3, -0.25) is 0 Å². The van der Waals surface area contributed by atoms with Gasteiger partial charge in [-0.15, -0.1) is 0 Å². The minimum Gasteiger partial charge on any atom is -0.428 e. The first-order chi connectivity index (χ1) is 52.6. The van der Waals surface area contributed by atoms with E-state index in [-0.39, 0.29) is 143 Å². The highest BCUT2D eigenvalue weighted by Crippen LogP contribution is 2.52. The van der Waals surface area contributed by atoms with E-state index in [2.05, 4.69) is 28.9 Å². The fourth-order valence-electron chi connectivity index (χ4n) is 12.4. The largest absolute Gasteiger partial charge is 0.428 e. The topological polar surface area (TPSA) is 577 Å². The van der Waals surface area contributed by atoms with E-state index < -0.39 is 151 Å². The molecule has 0 saturated carbocycles. The molecule has 688 valence electrons. The van der Waals surface area contributed by atoms with Crippen LogP contribution in [0.4, 0.5) is 0 Å². The summed E-state index contributed by atoms with van der Waals surface area (Å²) >= 11 is 0. The Morgan fingerprint density at radius 1 is 0.222 bits per heavy atom. The average Bonchev–Trinajstić information content (AvgIpc) is 1.56. The van der Waals surface area contributed by atoms with Gasteiger partial charge in [0.05, 0.1) is 0 Å². The highest BCUT2D eigenvalue weighted by atomic mass is 32.3. The van der Waals surface area contributed by atoms with Gasteiger partial charge in [-0.05, 0) is 136 Å². The minimum absolute atomic E-state index is 0.00523. The van der Waals surface area contributed by atoms with E-state index in [1.807, 2.05) is 69.2 Å². The zero-order valence-electron chi connectivity index (χ0n) is 71.3. The van der Waals surface area contributed by atoms with Gasteiger partial charge in [-0.25, -0.2) is 118 Å². The fourth-order valence-corrected chi connectivity index (χ4v) is 42.5. The molecule has 2 atom stereocenters. The van der Waals surface area contributed by atoms with Gasteiger partial charge in [-0.1, -0.05) is 218 Å². The molecule has 0 aromatic heterocycles. The van der Waals surface area contributed by atoms with Crippen LogP contribution >= 0.6 is 0 Å². The summed E-state index contributed by atoms with van der Waals surface area (Å²) in [6.07, 6.45) is 12.5. The predicted molar refractivity (Wildman–Crippen MR) is 461 cm³/mol. The molecule has 0 spiro atoms. The number of sulfonamides is 14. The lowest BCUT2D eigenvalue weighted by molar-refractivity contribution is 0.472. The Bertz CT molecular complexity index is 5240. The molecule has 0 aromatic carbocycles. The maximum absolute atomic E-state index is 11.9. The van der Waals surface area contributed by atoms with Crippen LogP contribution in [0.5, 0.6) is 0 Å². The van der Waals surface area contributed by atoms with Crippen LogP contribution in [0.2, 0.25) is 0 Å². The third-order valence-corrected chi connectivity index (χ3v) is 45.6. The molecule has 7 rings (SSSR count). The number of nitrogens with zero attached hydrogens (tertiary/aromatic N) is 7. The van der Waals surface area contributed by atoms with Crippen molar-refractivity contribution in [2.75, 3.05) is 0 Å². The number of hydrogen-bond acceptors (Lipinski definition) is 28. The van der Waals surface area contributed by atoms with Gasteiger partial charge in [0.1, 0.15) is 140 Å². The van der Waals surface area contributed by atoms with Gasteiger partial charge in [0, 0.05) is 68.7 Å². The van der Waals surface area contributed by atoms with E-state index >= 15 is 0 Å². The van der Waals surface area contributed by atoms with E-state index in [0.29, 0.717) is 64.2 Å². The van der Waals surface area contributed by atoms with Crippen molar-refractivity contribution in [2.24, 2.45) is 46.3 Å². The molecule has 7 aliphatic rings. The molecule has 35 nitrogen and oxygen atoms in total. The monoisotopic (exact) mass is 1930 g/mol. The summed E-state index contributed by atoms with van der Waals surface area (Å²) in [7, 11) is -55.6. The third-order valence-electron chi connectivity index (χ3n) is 17.6. The van der Waals surface area contributed by atoms with Gasteiger partial charge in [0.25, 0.3) is 0 Å². The van der Waals surface area contributed by atoms with Crippen LogP contribution in [0.1, 0.15) is 307 Å². The van der Waals surface area contributed by atoms with Gasteiger partial charge in [0.2, 0.25) is 0 Å². The predicted octanol–water partition coefficient (Wildman–Crippen LogP) is 16.4. The molecule has 0 aromatic rings. The molecule has 7 heterocycles. The van der Waals surface area contributed by atoms with Crippen LogP contribution in [-0.4, -0.2) is 118 Å². The Morgan fingerprint density at radius 3 is 0.598 bits per heavy atom. The first-order valence-corrected chi connectivity index (χ1v) is 58.5. The highest BCUT2D eigenvalue weighted by Gasteiger charge is 2.44. The van der Waals surface area contributed by atoms with Crippen molar-refractivity contribution < 1.29 is 118 Å². The molecule has 0 aliphatic carbocycles. The van der Waals surface area contributed by atoms with Crippen LogP contribution < -0.4 is 0 Å². The smallest absolute Gasteiger partial charge is 0.110 e. The minimum atomic E-state index is -4.07. The van der Waals surface area contributed by atoms with Crippen LogP contribution in [0.15, 0.2) is 68.7 Å². The molecule has 117 heavy (non-hydrogen) atoms. The number of rotatable bonds is 28. The van der Waals surface area contributed by atoms with Gasteiger partial charge in [-0.2, -0.15) is 0 Å². The molecular formula is C68H122N7O28S14-7. The molecule has 0 saturated heterocycles. The zero-order chi connectivity index (χ0) is 92.1. The fraction of sp³-hybridized carbons (Fsp3) is 0.794. The second-order valence-corrected chi connectivity index (χ2v) is 55.9. The van der Waals surface area contributed by atoms with E-state index in [1.165, 1.54) is 0 Å². The SMILES string of the molecule is CC(C)(C)C1=C(C(C)(C)C)S(=O)(=O)[N-]S1(=O)=O.CC(C)C1=C(C(C)C)S(=O)(=O)[N-]S1(=O)=O.CC(C)CC1=C(CC(C)C)S(=O)(=O)[N-]S1(=O)=O.CCC(C)C1=C(C(C)CC)S(=O)(=O)[N-]S1(=O)=O.CCCC1=C(CCC)S(=O)(=O)[N-]S1(=O)=O.CCCCC1=C(CCCC)S(=O)(=O)[N-]S1(=O)=O.CCCCCC1=C(CCCCC)S(=O)(=O)[N-]S1(=O)=O. The van der Waals surface area contributed by atoms with Crippen molar-refractivity contribution in [3.05, 3.63) is 97.6 Å². The number of allylic oxidation sites excluding steroid dienone is 14. The lowest BCUT2D eigenvalue weighted by atomic mass is 9.88. The van der Waals surface area contributed by atoms with Gasteiger partial charge < -0.3 is 28.9 Å². The molecule has 7 aliphatic heterocycles. The van der Waals surface area contributed by atoms with Crippen molar-refractivity contribution in [1.29, 1.82) is 0 Å². The maximum Gasteiger partial charge on any atom is 0.110 e. The number of unbranched alkanes of at least 4 members (excludes halogenated alkanes) is 6. The molecular weight excluding hydrogens is 1810 g/mol. The van der Waals surface area contributed by atoms with Crippen LogP contribution in [0.3, 0.4) is 0 Å². The second kappa shape index (κ2) is 42.9. The standard InChI is InChI=1S/C12H22NO4S2.4C10H18NO4S2.2C8H14NO4S2/c1-3-5-7-9-11-12(10-8-6-4-2)19(16,17)13-18(11,14)15;1-9(2,3)7-8(10(4,5)6)17(14,15)11-16(7,12)13;1-7(2)5-9-10(6-8(3)4)17(14,15)11-16(9,12)13;1-5-7(3)9-10(8(4)6-2)17(14,15)11-16(9,12)13;1-3-5-7-9-10(8-6-4-2)17(14,15)11-16(9,12)13;1-5(2)7-8(6(3)4)15(12,13)9-14(7,10)11;1-3-5-7-8(6-4-2)15(12,13)9-14(7,10)11/h3-10H2,1-2H3;1-6H3;2*7-8H,5-6H2,1-4H3;3-8H2,1-2H3;5-6H,1-4H3;3-6H2,1-2H3/q7*-1. The van der Waals surface area contributed by atoms with Crippen LogP contribution in [-0.2, 0) is 140 Å². The Balaban J connectivity index is 0.000000683. The van der Waals surface area contributed by atoms with E-state index in [9.17, 15) is 118 Å². The maximum atomic E-state index is 11.9. The van der Waals surface area contributed by atoms with E-state index in [4.69, 9.17) is 0 Å². The lowest BCUT2D eigenvalue weighted by Gasteiger charge is -2.27. The molecule has 49 heteroatoms. The van der Waals surface area contributed by atoms with Crippen LogP contribution in [0, 0.1) is 46.3 Å². The van der Waals surface area contributed by atoms with E-state index in [0.717, 1.165) is 38.5 Å².